The predicted octanol–water partition coefficient (Wildman–Crippen LogP) is 4.11. The van der Waals surface area contributed by atoms with Gasteiger partial charge in [0, 0.05) is 17.8 Å². The van der Waals surface area contributed by atoms with Crippen molar-refractivity contribution in [2.75, 3.05) is 24.9 Å². The van der Waals surface area contributed by atoms with Crippen LogP contribution in [0.15, 0.2) is 48.8 Å². The summed E-state index contributed by atoms with van der Waals surface area (Å²) in [4.78, 5) is 21.0. The summed E-state index contributed by atoms with van der Waals surface area (Å²) in [5.41, 5.74) is 3.94. The lowest BCUT2D eigenvalue weighted by Crippen LogP contribution is -2.15. The van der Waals surface area contributed by atoms with Crippen LogP contribution in [0.25, 0.3) is 0 Å². The van der Waals surface area contributed by atoms with Crippen molar-refractivity contribution in [3.8, 4) is 11.5 Å². The first-order valence-electron chi connectivity index (χ1n) is 8.70. The summed E-state index contributed by atoms with van der Waals surface area (Å²) in [5.74, 6) is 1.29. The quantitative estimate of drug-likeness (QED) is 0.671. The molecule has 144 valence electrons. The summed E-state index contributed by atoms with van der Waals surface area (Å²) in [7, 11) is 3.09. The van der Waals surface area contributed by atoms with Crippen LogP contribution < -0.4 is 20.1 Å². The van der Waals surface area contributed by atoms with E-state index in [-0.39, 0.29) is 11.6 Å². The number of carbonyl (C=O) groups excluding carboxylic acids is 1. The number of hydrogen-bond donors (Lipinski definition) is 2. The summed E-state index contributed by atoms with van der Waals surface area (Å²) in [6.45, 7) is 4.07. The zero-order valence-corrected chi connectivity index (χ0v) is 16.2. The Bertz CT molecular complexity index is 1000. The molecule has 0 radical (unpaired) electrons. The monoisotopic (exact) mass is 378 g/mol. The highest BCUT2D eigenvalue weighted by atomic mass is 16.5. The van der Waals surface area contributed by atoms with Crippen molar-refractivity contribution in [1.82, 2.24) is 9.97 Å². The molecule has 28 heavy (non-hydrogen) atoms. The lowest BCUT2D eigenvalue weighted by Gasteiger charge is -2.13. The minimum Gasteiger partial charge on any atom is -0.497 e. The van der Waals surface area contributed by atoms with Crippen molar-refractivity contribution in [3.63, 3.8) is 0 Å². The molecule has 2 aromatic carbocycles. The largest absolute Gasteiger partial charge is 0.497 e. The number of ether oxygens (including phenoxy) is 2. The average molecular weight is 378 g/mol. The van der Waals surface area contributed by atoms with Gasteiger partial charge >= 0.3 is 0 Å². The lowest BCUT2D eigenvalue weighted by molar-refractivity contribution is 0.102. The average Bonchev–Trinajstić information content (AvgIpc) is 2.71. The second kappa shape index (κ2) is 8.39. The highest BCUT2D eigenvalue weighted by Crippen LogP contribution is 2.29. The molecule has 0 saturated carbocycles. The SMILES string of the molecule is COc1ccc(OC)c(NC(=O)c2cc(Nc3cccc(C)c3C)ncn2)c1. The van der Waals surface area contributed by atoms with E-state index in [0.717, 1.165) is 11.3 Å². The molecule has 0 aliphatic rings. The van der Waals surface area contributed by atoms with Gasteiger partial charge in [0.1, 0.15) is 29.3 Å². The number of methoxy groups -OCH3 is 2. The molecule has 0 bridgehead atoms. The van der Waals surface area contributed by atoms with Crippen molar-refractivity contribution >= 4 is 23.1 Å². The maximum absolute atomic E-state index is 12.7. The van der Waals surface area contributed by atoms with E-state index in [0.29, 0.717) is 23.0 Å². The van der Waals surface area contributed by atoms with Gasteiger partial charge in [0.05, 0.1) is 19.9 Å². The van der Waals surface area contributed by atoms with Gasteiger partial charge in [0.15, 0.2) is 0 Å². The first-order chi connectivity index (χ1) is 13.5. The Labute approximate surface area is 163 Å². The number of nitrogens with one attached hydrogen (secondary N) is 2. The second-order valence-corrected chi connectivity index (χ2v) is 6.18. The van der Waals surface area contributed by atoms with Crippen LogP contribution in [-0.2, 0) is 0 Å². The fourth-order valence-corrected chi connectivity index (χ4v) is 2.67. The summed E-state index contributed by atoms with van der Waals surface area (Å²) in [5, 5.41) is 6.04. The molecule has 2 N–H and O–H groups in total. The molecule has 1 aromatic heterocycles. The number of amides is 1. The minimum atomic E-state index is -0.377. The molecular formula is C21H22N4O3. The van der Waals surface area contributed by atoms with Crippen LogP contribution in [0.1, 0.15) is 21.6 Å². The Morgan fingerprint density at radius 3 is 2.54 bits per heavy atom. The zero-order chi connectivity index (χ0) is 20.1. The molecule has 0 aliphatic carbocycles. The molecule has 0 atom stereocenters. The topological polar surface area (TPSA) is 85.4 Å². The third-order valence-electron chi connectivity index (χ3n) is 4.42. The smallest absolute Gasteiger partial charge is 0.274 e. The normalized spacial score (nSPS) is 10.3. The second-order valence-electron chi connectivity index (χ2n) is 6.18. The van der Waals surface area contributed by atoms with Crippen LogP contribution in [0.2, 0.25) is 0 Å². The summed E-state index contributed by atoms with van der Waals surface area (Å²) < 4.78 is 10.5. The summed E-state index contributed by atoms with van der Waals surface area (Å²) >= 11 is 0. The van der Waals surface area contributed by atoms with E-state index >= 15 is 0 Å². The Balaban J connectivity index is 1.82. The number of nitrogens with zero attached hydrogens (tertiary/aromatic N) is 2. The van der Waals surface area contributed by atoms with E-state index in [2.05, 4.69) is 20.6 Å². The van der Waals surface area contributed by atoms with Crippen molar-refractivity contribution in [2.45, 2.75) is 13.8 Å². The van der Waals surface area contributed by atoms with Crippen LogP contribution in [0.3, 0.4) is 0 Å². The molecule has 1 amide bonds. The van der Waals surface area contributed by atoms with Gasteiger partial charge in [0.2, 0.25) is 0 Å². The minimum absolute atomic E-state index is 0.229. The molecule has 0 saturated heterocycles. The molecule has 3 aromatic rings. The van der Waals surface area contributed by atoms with Gasteiger partial charge in [-0.3, -0.25) is 4.79 Å². The number of benzene rings is 2. The first kappa shape index (κ1) is 19.2. The van der Waals surface area contributed by atoms with Gasteiger partial charge in [-0.05, 0) is 43.2 Å². The van der Waals surface area contributed by atoms with Crippen molar-refractivity contribution in [1.29, 1.82) is 0 Å². The maximum atomic E-state index is 12.7. The van der Waals surface area contributed by atoms with E-state index in [4.69, 9.17) is 9.47 Å². The standard InChI is InChI=1S/C21H22N4O3/c1-13-6-5-7-16(14(13)2)24-20-11-18(22-12-23-20)21(26)25-17-10-15(27-3)8-9-19(17)28-4/h5-12H,1-4H3,(H,25,26)(H,22,23,24). The zero-order valence-electron chi connectivity index (χ0n) is 16.2. The van der Waals surface area contributed by atoms with E-state index in [1.165, 1.54) is 19.0 Å². The Kier molecular flexibility index (Phi) is 5.74. The van der Waals surface area contributed by atoms with Crippen molar-refractivity contribution in [3.05, 3.63) is 65.6 Å². The Morgan fingerprint density at radius 2 is 1.79 bits per heavy atom. The Hall–Kier alpha value is -3.61. The van der Waals surface area contributed by atoms with Gasteiger partial charge in [-0.2, -0.15) is 0 Å². The van der Waals surface area contributed by atoms with Crippen LogP contribution in [-0.4, -0.2) is 30.1 Å². The molecule has 7 nitrogen and oxygen atoms in total. The fourth-order valence-electron chi connectivity index (χ4n) is 2.67. The predicted molar refractivity (Wildman–Crippen MR) is 109 cm³/mol. The van der Waals surface area contributed by atoms with Gasteiger partial charge in [-0.1, -0.05) is 12.1 Å². The van der Waals surface area contributed by atoms with Gasteiger partial charge < -0.3 is 20.1 Å². The third kappa shape index (κ3) is 4.20. The highest BCUT2D eigenvalue weighted by Gasteiger charge is 2.13. The Morgan fingerprint density at radius 1 is 0.964 bits per heavy atom. The number of aromatic nitrogens is 2. The van der Waals surface area contributed by atoms with Gasteiger partial charge in [-0.25, -0.2) is 9.97 Å². The number of aryl methyl sites for hydroxylation is 1. The fraction of sp³-hybridized carbons (Fsp3) is 0.190. The van der Waals surface area contributed by atoms with E-state index in [1.54, 1.807) is 31.4 Å². The van der Waals surface area contributed by atoms with Crippen LogP contribution in [0.4, 0.5) is 17.2 Å². The van der Waals surface area contributed by atoms with E-state index in [9.17, 15) is 4.79 Å². The molecule has 0 fully saturated rings. The van der Waals surface area contributed by atoms with Crippen molar-refractivity contribution in [2.24, 2.45) is 0 Å². The van der Waals surface area contributed by atoms with Crippen LogP contribution >= 0.6 is 0 Å². The number of carbonyl (C=O) groups is 1. The third-order valence-corrected chi connectivity index (χ3v) is 4.42. The molecule has 0 aliphatic heterocycles. The van der Waals surface area contributed by atoms with Gasteiger partial charge in [-0.15, -0.1) is 0 Å². The molecular weight excluding hydrogens is 356 g/mol. The molecule has 7 heteroatoms. The van der Waals surface area contributed by atoms with E-state index < -0.39 is 0 Å². The molecule has 3 rings (SSSR count). The number of anilines is 3. The number of hydrogen-bond acceptors (Lipinski definition) is 6. The first-order valence-corrected chi connectivity index (χ1v) is 8.70. The maximum Gasteiger partial charge on any atom is 0.274 e. The molecule has 0 spiro atoms. The molecule has 1 heterocycles. The summed E-state index contributed by atoms with van der Waals surface area (Å²) in [6.07, 6.45) is 1.35. The van der Waals surface area contributed by atoms with Crippen molar-refractivity contribution < 1.29 is 14.3 Å². The van der Waals surface area contributed by atoms with E-state index in [1.807, 2.05) is 32.0 Å². The van der Waals surface area contributed by atoms with Gasteiger partial charge in [0.25, 0.3) is 5.91 Å². The lowest BCUT2D eigenvalue weighted by atomic mass is 10.1. The van der Waals surface area contributed by atoms with Crippen LogP contribution in [0.5, 0.6) is 11.5 Å². The molecule has 0 unspecified atom stereocenters. The highest BCUT2D eigenvalue weighted by molar-refractivity contribution is 6.04. The van der Waals surface area contributed by atoms with Crippen LogP contribution in [0, 0.1) is 13.8 Å². The number of rotatable bonds is 6. The summed E-state index contributed by atoms with van der Waals surface area (Å²) in [6, 6.07) is 12.7.